The molecule has 0 bridgehead atoms. The lowest BCUT2D eigenvalue weighted by Crippen LogP contribution is -2.39. The molecule has 1 aromatic heterocycles. The summed E-state index contributed by atoms with van der Waals surface area (Å²) in [6.07, 6.45) is 7.84. The Morgan fingerprint density at radius 2 is 2.35 bits per heavy atom. The summed E-state index contributed by atoms with van der Waals surface area (Å²) in [5.74, 6) is 0.00991. The van der Waals surface area contributed by atoms with Crippen molar-refractivity contribution >= 4 is 11.6 Å². The van der Waals surface area contributed by atoms with Gasteiger partial charge in [-0.15, -0.1) is 0 Å². The molecule has 1 aromatic rings. The van der Waals surface area contributed by atoms with Gasteiger partial charge < -0.3 is 10.6 Å². The number of hydrogen-bond acceptors (Lipinski definition) is 3. The fraction of sp³-hybridized carbons (Fsp3) is 0.538. The highest BCUT2D eigenvalue weighted by atomic mass is 16.1. The van der Waals surface area contributed by atoms with Gasteiger partial charge in [0.15, 0.2) is 0 Å². The molecule has 1 fully saturated rings. The third kappa shape index (κ3) is 2.96. The Bertz CT molecular complexity index is 388. The van der Waals surface area contributed by atoms with Crippen LogP contribution in [0.4, 0.5) is 5.69 Å². The number of amides is 1. The minimum absolute atomic E-state index is 0.00991. The van der Waals surface area contributed by atoms with E-state index < -0.39 is 0 Å². The van der Waals surface area contributed by atoms with Gasteiger partial charge in [-0.25, -0.2) is 0 Å². The number of rotatable bonds is 5. The average molecular weight is 233 g/mol. The molecule has 1 saturated carbocycles. The van der Waals surface area contributed by atoms with Crippen molar-refractivity contribution in [2.75, 3.05) is 11.9 Å². The zero-order valence-corrected chi connectivity index (χ0v) is 10.2. The Morgan fingerprint density at radius 1 is 1.53 bits per heavy atom. The molecule has 1 heterocycles. The van der Waals surface area contributed by atoms with Crippen molar-refractivity contribution in [1.82, 2.24) is 10.3 Å². The van der Waals surface area contributed by atoms with Gasteiger partial charge >= 0.3 is 0 Å². The molecule has 1 aliphatic rings. The quantitative estimate of drug-likeness (QED) is 0.819. The van der Waals surface area contributed by atoms with E-state index in [2.05, 4.69) is 22.5 Å². The van der Waals surface area contributed by atoms with Crippen LogP contribution in [0.2, 0.25) is 0 Å². The number of carbonyl (C=O) groups is 1. The first kappa shape index (κ1) is 11.9. The van der Waals surface area contributed by atoms with E-state index in [1.54, 1.807) is 18.5 Å². The number of pyridine rings is 1. The molecule has 0 aliphatic heterocycles. The zero-order valence-electron chi connectivity index (χ0n) is 10.2. The van der Waals surface area contributed by atoms with Crippen molar-refractivity contribution in [2.24, 2.45) is 0 Å². The molecule has 1 aliphatic carbocycles. The molecule has 0 spiro atoms. The van der Waals surface area contributed by atoms with Crippen molar-refractivity contribution < 1.29 is 4.79 Å². The van der Waals surface area contributed by atoms with Crippen LogP contribution in [0.15, 0.2) is 18.5 Å². The molecule has 17 heavy (non-hydrogen) atoms. The monoisotopic (exact) mass is 233 g/mol. The first-order valence-corrected chi connectivity index (χ1v) is 6.30. The van der Waals surface area contributed by atoms with Gasteiger partial charge in [-0.05, 0) is 31.7 Å². The van der Waals surface area contributed by atoms with Crippen LogP contribution in [0.1, 0.15) is 43.0 Å². The summed E-state index contributed by atoms with van der Waals surface area (Å²) < 4.78 is 0. The maximum Gasteiger partial charge on any atom is 0.253 e. The third-order valence-electron chi connectivity index (χ3n) is 3.07. The lowest BCUT2D eigenvalue weighted by Gasteiger charge is -2.26. The average Bonchev–Trinajstić information content (AvgIpc) is 2.31. The number of hydrogen-bond donors (Lipinski definition) is 2. The summed E-state index contributed by atoms with van der Waals surface area (Å²) in [6.45, 7) is 2.95. The Hall–Kier alpha value is -1.58. The predicted molar refractivity (Wildman–Crippen MR) is 68.1 cm³/mol. The van der Waals surface area contributed by atoms with E-state index >= 15 is 0 Å². The van der Waals surface area contributed by atoms with Crippen molar-refractivity contribution in [1.29, 1.82) is 0 Å². The number of anilines is 1. The van der Waals surface area contributed by atoms with E-state index in [-0.39, 0.29) is 5.91 Å². The molecule has 0 aromatic carbocycles. The minimum Gasteiger partial charge on any atom is -0.383 e. The van der Waals surface area contributed by atoms with Crippen LogP contribution in [0.25, 0.3) is 0 Å². The van der Waals surface area contributed by atoms with Crippen molar-refractivity contribution in [3.63, 3.8) is 0 Å². The molecule has 4 nitrogen and oxygen atoms in total. The number of nitrogens with one attached hydrogen (secondary N) is 2. The predicted octanol–water partition coefficient (Wildman–Crippen LogP) is 2.19. The van der Waals surface area contributed by atoms with Crippen LogP contribution >= 0.6 is 0 Å². The SMILES string of the molecule is CCCNc1cnccc1C(=O)NC1CCC1. The topological polar surface area (TPSA) is 54.0 Å². The molecule has 0 saturated heterocycles. The van der Waals surface area contributed by atoms with Gasteiger partial charge in [0.1, 0.15) is 0 Å². The largest absolute Gasteiger partial charge is 0.383 e. The van der Waals surface area contributed by atoms with Crippen LogP contribution in [-0.2, 0) is 0 Å². The van der Waals surface area contributed by atoms with Gasteiger partial charge in [-0.3, -0.25) is 9.78 Å². The molecule has 0 unspecified atom stereocenters. The normalized spacial score (nSPS) is 15.1. The molecule has 92 valence electrons. The maximum absolute atomic E-state index is 12.1. The van der Waals surface area contributed by atoms with E-state index in [4.69, 9.17) is 0 Å². The van der Waals surface area contributed by atoms with Gasteiger partial charge in [0.05, 0.1) is 17.4 Å². The molecule has 2 rings (SSSR count). The summed E-state index contributed by atoms with van der Waals surface area (Å²) in [4.78, 5) is 16.1. The zero-order chi connectivity index (χ0) is 12.1. The lowest BCUT2D eigenvalue weighted by molar-refractivity contribution is 0.0917. The standard InChI is InChI=1S/C13H19N3O/c1-2-7-15-12-9-14-8-6-11(12)13(17)16-10-4-3-5-10/h6,8-10,15H,2-5,7H2,1H3,(H,16,17). The fourth-order valence-electron chi connectivity index (χ4n) is 1.81. The molecule has 0 atom stereocenters. The number of carbonyl (C=O) groups excluding carboxylic acids is 1. The van der Waals surface area contributed by atoms with E-state index in [9.17, 15) is 4.79 Å². The molecular weight excluding hydrogens is 214 g/mol. The molecule has 0 radical (unpaired) electrons. The third-order valence-corrected chi connectivity index (χ3v) is 3.07. The highest BCUT2D eigenvalue weighted by Gasteiger charge is 2.21. The van der Waals surface area contributed by atoms with Gasteiger partial charge in [0.25, 0.3) is 5.91 Å². The molecule has 1 amide bonds. The minimum atomic E-state index is 0.00991. The van der Waals surface area contributed by atoms with Gasteiger partial charge in [0.2, 0.25) is 0 Å². The van der Waals surface area contributed by atoms with E-state index in [0.29, 0.717) is 11.6 Å². The number of nitrogens with zero attached hydrogens (tertiary/aromatic N) is 1. The first-order valence-electron chi connectivity index (χ1n) is 6.30. The van der Waals surface area contributed by atoms with E-state index in [1.807, 2.05) is 0 Å². The van der Waals surface area contributed by atoms with E-state index in [1.165, 1.54) is 6.42 Å². The first-order chi connectivity index (χ1) is 8.31. The lowest BCUT2D eigenvalue weighted by atomic mass is 9.93. The number of aromatic nitrogens is 1. The second-order valence-electron chi connectivity index (χ2n) is 4.45. The molecule has 4 heteroatoms. The van der Waals surface area contributed by atoms with Crippen LogP contribution in [-0.4, -0.2) is 23.5 Å². The molecular formula is C13H19N3O. The second kappa shape index (κ2) is 5.66. The van der Waals surface area contributed by atoms with Crippen molar-refractivity contribution in [3.05, 3.63) is 24.0 Å². The Labute approximate surface area is 102 Å². The van der Waals surface area contributed by atoms with Crippen LogP contribution in [0.3, 0.4) is 0 Å². The van der Waals surface area contributed by atoms with Crippen LogP contribution < -0.4 is 10.6 Å². The summed E-state index contributed by atoms with van der Waals surface area (Å²) in [7, 11) is 0. The van der Waals surface area contributed by atoms with Crippen molar-refractivity contribution in [2.45, 2.75) is 38.6 Å². The maximum atomic E-state index is 12.1. The summed E-state index contributed by atoms with van der Waals surface area (Å²) in [5.41, 5.74) is 1.52. The fourth-order valence-corrected chi connectivity index (χ4v) is 1.81. The Kier molecular flexibility index (Phi) is 3.96. The Morgan fingerprint density at radius 3 is 3.00 bits per heavy atom. The van der Waals surface area contributed by atoms with Gasteiger partial charge in [0, 0.05) is 18.8 Å². The van der Waals surface area contributed by atoms with Gasteiger partial charge in [-0.2, -0.15) is 0 Å². The smallest absolute Gasteiger partial charge is 0.253 e. The van der Waals surface area contributed by atoms with E-state index in [0.717, 1.165) is 31.5 Å². The van der Waals surface area contributed by atoms with Crippen LogP contribution in [0.5, 0.6) is 0 Å². The summed E-state index contributed by atoms with van der Waals surface area (Å²) in [5, 5.41) is 6.27. The highest BCUT2D eigenvalue weighted by molar-refractivity contribution is 5.99. The Balaban J connectivity index is 2.04. The van der Waals surface area contributed by atoms with Crippen molar-refractivity contribution in [3.8, 4) is 0 Å². The van der Waals surface area contributed by atoms with Crippen LogP contribution in [0, 0.1) is 0 Å². The second-order valence-corrected chi connectivity index (χ2v) is 4.45. The summed E-state index contributed by atoms with van der Waals surface area (Å²) >= 11 is 0. The molecule has 2 N–H and O–H groups in total. The summed E-state index contributed by atoms with van der Waals surface area (Å²) in [6, 6.07) is 2.14. The van der Waals surface area contributed by atoms with Gasteiger partial charge in [-0.1, -0.05) is 6.92 Å². The highest BCUT2D eigenvalue weighted by Crippen LogP contribution is 2.20.